The quantitative estimate of drug-likeness (QED) is 0.802. The lowest BCUT2D eigenvalue weighted by Crippen LogP contribution is -2.23. The average Bonchev–Trinajstić information content (AvgIpc) is 3.08. The number of pyridine rings is 1. The second-order valence-corrected chi connectivity index (χ2v) is 5.20. The van der Waals surface area contributed by atoms with Gasteiger partial charge in [0.25, 0.3) is 5.91 Å². The van der Waals surface area contributed by atoms with Crippen molar-refractivity contribution in [2.45, 2.75) is 6.54 Å². The number of benzene rings is 1. The molecule has 0 unspecified atom stereocenters. The van der Waals surface area contributed by atoms with Crippen molar-refractivity contribution in [3.8, 4) is 5.69 Å². The van der Waals surface area contributed by atoms with Crippen molar-refractivity contribution in [1.82, 2.24) is 14.9 Å². The fourth-order valence-corrected chi connectivity index (χ4v) is 2.34. The normalized spacial score (nSPS) is 10.4. The molecule has 2 heterocycles. The van der Waals surface area contributed by atoms with E-state index in [4.69, 9.17) is 11.6 Å². The average molecular weight is 312 g/mol. The molecule has 4 nitrogen and oxygen atoms in total. The molecule has 0 radical (unpaired) electrons. The van der Waals surface area contributed by atoms with E-state index in [2.05, 4.69) is 10.3 Å². The maximum atomic E-state index is 12.3. The van der Waals surface area contributed by atoms with Crippen LogP contribution in [0.3, 0.4) is 0 Å². The smallest absolute Gasteiger partial charge is 0.253 e. The minimum Gasteiger partial charge on any atom is -0.348 e. The summed E-state index contributed by atoms with van der Waals surface area (Å²) in [5, 5.41) is 3.30. The van der Waals surface area contributed by atoms with Crippen molar-refractivity contribution < 1.29 is 4.79 Å². The predicted octanol–water partition coefficient (Wildman–Crippen LogP) is 3.46. The largest absolute Gasteiger partial charge is 0.348 e. The van der Waals surface area contributed by atoms with E-state index >= 15 is 0 Å². The molecule has 0 atom stereocenters. The summed E-state index contributed by atoms with van der Waals surface area (Å²) in [7, 11) is 0. The van der Waals surface area contributed by atoms with Gasteiger partial charge in [-0.1, -0.05) is 11.6 Å². The third kappa shape index (κ3) is 3.18. The van der Waals surface area contributed by atoms with E-state index in [0.717, 1.165) is 11.3 Å². The number of nitrogens with zero attached hydrogens (tertiary/aromatic N) is 2. The summed E-state index contributed by atoms with van der Waals surface area (Å²) in [6.45, 7) is 0.436. The minimum atomic E-state index is -0.198. The molecular formula is C17H14ClN3O. The Morgan fingerprint density at radius 3 is 2.59 bits per heavy atom. The summed E-state index contributed by atoms with van der Waals surface area (Å²) in [4.78, 5) is 16.3. The first-order chi connectivity index (χ1) is 10.7. The van der Waals surface area contributed by atoms with E-state index in [9.17, 15) is 4.79 Å². The van der Waals surface area contributed by atoms with Crippen LogP contribution in [-0.2, 0) is 6.54 Å². The number of hydrogen-bond acceptors (Lipinski definition) is 2. The topological polar surface area (TPSA) is 46.9 Å². The van der Waals surface area contributed by atoms with Crippen molar-refractivity contribution in [2.24, 2.45) is 0 Å². The molecular weight excluding hydrogens is 298 g/mol. The van der Waals surface area contributed by atoms with Crippen LogP contribution in [0.25, 0.3) is 5.69 Å². The van der Waals surface area contributed by atoms with Gasteiger partial charge in [0, 0.05) is 37.0 Å². The molecule has 0 saturated carbocycles. The predicted molar refractivity (Wildman–Crippen MR) is 86.2 cm³/mol. The number of hydrogen-bond donors (Lipinski definition) is 1. The first-order valence-corrected chi connectivity index (χ1v) is 7.22. The zero-order valence-corrected chi connectivity index (χ0v) is 12.5. The van der Waals surface area contributed by atoms with Gasteiger partial charge in [0.15, 0.2) is 0 Å². The molecule has 22 heavy (non-hydrogen) atoms. The van der Waals surface area contributed by atoms with Gasteiger partial charge in [0.1, 0.15) is 0 Å². The Balaban J connectivity index is 1.78. The molecule has 0 bridgehead atoms. The van der Waals surface area contributed by atoms with E-state index in [1.807, 2.05) is 47.3 Å². The molecule has 0 aliphatic heterocycles. The Bertz CT molecular complexity index is 770. The fraction of sp³-hybridized carbons (Fsp3) is 0.0588. The lowest BCUT2D eigenvalue weighted by Gasteiger charge is -2.09. The van der Waals surface area contributed by atoms with Crippen LogP contribution >= 0.6 is 11.6 Å². The molecule has 0 aliphatic carbocycles. The van der Waals surface area contributed by atoms with Crippen LogP contribution in [0.4, 0.5) is 0 Å². The molecule has 110 valence electrons. The summed E-state index contributed by atoms with van der Waals surface area (Å²) >= 11 is 6.15. The highest BCUT2D eigenvalue weighted by molar-refractivity contribution is 6.33. The first kappa shape index (κ1) is 14.4. The number of carbonyl (C=O) groups is 1. The van der Waals surface area contributed by atoms with Gasteiger partial charge in [0.05, 0.1) is 10.6 Å². The fourth-order valence-electron chi connectivity index (χ4n) is 2.13. The molecule has 1 N–H and O–H groups in total. The number of rotatable bonds is 4. The third-order valence-corrected chi connectivity index (χ3v) is 3.63. The van der Waals surface area contributed by atoms with Gasteiger partial charge >= 0.3 is 0 Å². The van der Waals surface area contributed by atoms with Gasteiger partial charge in [-0.15, -0.1) is 0 Å². The summed E-state index contributed by atoms with van der Waals surface area (Å²) in [5.74, 6) is -0.198. The highest BCUT2D eigenvalue weighted by Crippen LogP contribution is 2.20. The molecule has 1 aromatic carbocycles. The van der Waals surface area contributed by atoms with Crippen LogP contribution in [-0.4, -0.2) is 15.5 Å². The van der Waals surface area contributed by atoms with Crippen molar-refractivity contribution in [1.29, 1.82) is 0 Å². The maximum absolute atomic E-state index is 12.3. The number of aromatic nitrogens is 2. The lowest BCUT2D eigenvalue weighted by atomic mass is 10.1. The van der Waals surface area contributed by atoms with Crippen LogP contribution < -0.4 is 5.32 Å². The van der Waals surface area contributed by atoms with Crippen LogP contribution in [0.5, 0.6) is 0 Å². The molecule has 0 spiro atoms. The number of amides is 1. The van der Waals surface area contributed by atoms with Gasteiger partial charge < -0.3 is 9.88 Å². The molecule has 1 amide bonds. The van der Waals surface area contributed by atoms with Crippen molar-refractivity contribution in [3.63, 3.8) is 0 Å². The molecule has 5 heteroatoms. The number of nitrogens with one attached hydrogen (secondary N) is 1. The summed E-state index contributed by atoms with van der Waals surface area (Å²) in [6, 6.07) is 13.0. The van der Waals surface area contributed by atoms with Crippen molar-refractivity contribution in [3.05, 3.63) is 83.4 Å². The van der Waals surface area contributed by atoms with E-state index in [0.29, 0.717) is 17.1 Å². The summed E-state index contributed by atoms with van der Waals surface area (Å²) in [6.07, 6.45) is 7.23. The summed E-state index contributed by atoms with van der Waals surface area (Å²) in [5.41, 5.74) is 2.34. The zero-order valence-electron chi connectivity index (χ0n) is 11.7. The zero-order chi connectivity index (χ0) is 15.4. The van der Waals surface area contributed by atoms with E-state index in [1.165, 1.54) is 0 Å². The van der Waals surface area contributed by atoms with E-state index in [1.54, 1.807) is 24.5 Å². The highest BCUT2D eigenvalue weighted by Gasteiger charge is 2.11. The van der Waals surface area contributed by atoms with E-state index < -0.39 is 0 Å². The molecule has 3 aromatic rings. The Hall–Kier alpha value is -2.59. The maximum Gasteiger partial charge on any atom is 0.253 e. The Labute approximate surface area is 133 Å². The Morgan fingerprint density at radius 2 is 1.86 bits per heavy atom. The molecule has 0 fully saturated rings. The van der Waals surface area contributed by atoms with Gasteiger partial charge in [-0.3, -0.25) is 9.78 Å². The second-order valence-electron chi connectivity index (χ2n) is 4.79. The van der Waals surface area contributed by atoms with Crippen molar-refractivity contribution >= 4 is 17.5 Å². The van der Waals surface area contributed by atoms with E-state index in [-0.39, 0.29) is 5.91 Å². The lowest BCUT2D eigenvalue weighted by molar-refractivity contribution is 0.0951. The second kappa shape index (κ2) is 6.45. The summed E-state index contributed by atoms with van der Waals surface area (Å²) < 4.78 is 1.93. The Morgan fingerprint density at radius 1 is 1.14 bits per heavy atom. The molecule has 0 aliphatic rings. The van der Waals surface area contributed by atoms with Crippen LogP contribution in [0.2, 0.25) is 5.02 Å². The standard InChI is InChI=1S/C17H14ClN3O/c18-16-4-3-14(21-9-1-2-10-21)11-15(16)17(22)20-12-13-5-7-19-8-6-13/h1-11H,12H2,(H,20,22). The monoisotopic (exact) mass is 311 g/mol. The SMILES string of the molecule is O=C(NCc1ccncc1)c1cc(-n2cccc2)ccc1Cl. The van der Waals surface area contributed by atoms with Gasteiger partial charge in [0.2, 0.25) is 0 Å². The van der Waals surface area contributed by atoms with Crippen LogP contribution in [0.15, 0.2) is 67.3 Å². The molecule has 3 rings (SSSR count). The van der Waals surface area contributed by atoms with Gasteiger partial charge in [-0.25, -0.2) is 0 Å². The highest BCUT2D eigenvalue weighted by atomic mass is 35.5. The van der Waals surface area contributed by atoms with Gasteiger partial charge in [-0.05, 0) is 48.0 Å². The van der Waals surface area contributed by atoms with Gasteiger partial charge in [-0.2, -0.15) is 0 Å². The molecule has 2 aromatic heterocycles. The Kier molecular flexibility index (Phi) is 4.21. The third-order valence-electron chi connectivity index (χ3n) is 3.30. The van der Waals surface area contributed by atoms with Crippen molar-refractivity contribution in [2.75, 3.05) is 0 Å². The number of halogens is 1. The molecule has 0 saturated heterocycles. The van der Waals surface area contributed by atoms with Crippen LogP contribution in [0, 0.1) is 0 Å². The number of carbonyl (C=O) groups excluding carboxylic acids is 1. The minimum absolute atomic E-state index is 0.198. The van der Waals surface area contributed by atoms with Crippen LogP contribution in [0.1, 0.15) is 15.9 Å². The first-order valence-electron chi connectivity index (χ1n) is 6.84.